The summed E-state index contributed by atoms with van der Waals surface area (Å²) < 4.78 is 73.8. The van der Waals surface area contributed by atoms with Gasteiger partial charge in [-0.15, -0.1) is 0 Å². The van der Waals surface area contributed by atoms with E-state index in [4.69, 9.17) is 11.5 Å². The number of nitrogens with one attached hydrogen (secondary N) is 1. The third-order valence-corrected chi connectivity index (χ3v) is 8.59. The lowest BCUT2D eigenvalue weighted by Gasteiger charge is -2.27. The summed E-state index contributed by atoms with van der Waals surface area (Å²) in [6.45, 7) is 3.86. The smallest absolute Gasteiger partial charge is 0.237 e. The standard InChI is InChI=1S/C28H31F3N6O2S/c1-15(2)37-27-20(16-7-9-18(32)10-8-16)13-34-28(33)25(27)26(35-37)19-11-23(31)24(12-22(19)30)36-40(38,39)14-17-5-3-4-6-21(17)29/h3-6,11-13,15-16,18,36H,7-10,14,32H2,1-2H3,(H2,33,34). The molecule has 0 saturated heterocycles. The van der Waals surface area contributed by atoms with Crippen molar-refractivity contribution < 1.29 is 21.6 Å². The molecule has 1 saturated carbocycles. The number of anilines is 2. The Kier molecular flexibility index (Phi) is 7.49. The van der Waals surface area contributed by atoms with Crippen molar-refractivity contribution in [2.45, 2.75) is 63.3 Å². The van der Waals surface area contributed by atoms with Gasteiger partial charge in [0, 0.05) is 35.5 Å². The summed E-state index contributed by atoms with van der Waals surface area (Å²) in [4.78, 5) is 4.38. The van der Waals surface area contributed by atoms with Gasteiger partial charge < -0.3 is 11.5 Å². The van der Waals surface area contributed by atoms with Crippen LogP contribution in [0.5, 0.6) is 0 Å². The molecule has 0 radical (unpaired) electrons. The summed E-state index contributed by atoms with van der Waals surface area (Å²) in [5.74, 6) is -3.10. The Morgan fingerprint density at radius 1 is 1.05 bits per heavy atom. The first-order valence-corrected chi connectivity index (χ1v) is 14.8. The van der Waals surface area contributed by atoms with Crippen LogP contribution in [0.2, 0.25) is 0 Å². The Bertz CT molecular complexity index is 1680. The lowest BCUT2D eigenvalue weighted by atomic mass is 9.82. The third-order valence-electron chi connectivity index (χ3n) is 7.36. The first kappa shape index (κ1) is 27.9. The number of sulfonamides is 1. The van der Waals surface area contributed by atoms with Gasteiger partial charge >= 0.3 is 0 Å². The zero-order valence-corrected chi connectivity index (χ0v) is 23.0. The van der Waals surface area contributed by atoms with Crippen LogP contribution in [-0.2, 0) is 15.8 Å². The lowest BCUT2D eigenvalue weighted by molar-refractivity contribution is 0.395. The highest BCUT2D eigenvalue weighted by Crippen LogP contribution is 2.42. The maximum absolute atomic E-state index is 15.6. The Balaban J connectivity index is 1.56. The molecule has 0 atom stereocenters. The van der Waals surface area contributed by atoms with E-state index in [0.29, 0.717) is 10.9 Å². The number of aromatic nitrogens is 3. The quantitative estimate of drug-likeness (QED) is 0.264. The molecule has 2 aromatic carbocycles. The summed E-state index contributed by atoms with van der Waals surface area (Å²) in [6.07, 6.45) is 5.20. The van der Waals surface area contributed by atoms with Gasteiger partial charge in [-0.2, -0.15) is 5.10 Å². The third kappa shape index (κ3) is 5.37. The maximum Gasteiger partial charge on any atom is 0.237 e. The largest absolute Gasteiger partial charge is 0.383 e. The van der Waals surface area contributed by atoms with E-state index in [1.165, 1.54) is 18.2 Å². The summed E-state index contributed by atoms with van der Waals surface area (Å²) in [5.41, 5.74) is 13.3. The Hall–Kier alpha value is -3.64. The number of hydrogen-bond donors (Lipinski definition) is 3. The second-order valence-corrected chi connectivity index (χ2v) is 12.3. The fourth-order valence-corrected chi connectivity index (χ4v) is 6.55. The van der Waals surface area contributed by atoms with E-state index in [1.807, 2.05) is 18.6 Å². The van der Waals surface area contributed by atoms with Crippen molar-refractivity contribution in [3.63, 3.8) is 0 Å². The van der Waals surface area contributed by atoms with Crippen LogP contribution in [0.3, 0.4) is 0 Å². The van der Waals surface area contributed by atoms with E-state index in [1.54, 1.807) is 10.9 Å². The van der Waals surface area contributed by atoms with Gasteiger partial charge in [0.25, 0.3) is 0 Å². The maximum atomic E-state index is 15.6. The first-order chi connectivity index (χ1) is 18.9. The highest BCUT2D eigenvalue weighted by molar-refractivity contribution is 7.91. The van der Waals surface area contributed by atoms with Crippen molar-refractivity contribution in [1.29, 1.82) is 0 Å². The molecule has 12 heteroatoms. The number of halogens is 3. The molecule has 0 bridgehead atoms. The van der Waals surface area contributed by atoms with Gasteiger partial charge in [-0.25, -0.2) is 26.6 Å². The molecular weight excluding hydrogens is 541 g/mol. The molecule has 0 aliphatic heterocycles. The van der Waals surface area contributed by atoms with Crippen LogP contribution in [0.25, 0.3) is 22.2 Å². The second-order valence-electron chi connectivity index (χ2n) is 10.6. The minimum atomic E-state index is -4.25. The molecule has 2 aromatic heterocycles. The SMILES string of the molecule is CC(C)n1nc(-c2cc(F)c(NS(=O)(=O)Cc3ccccc3F)cc2F)c2c(N)ncc(C3CCC(N)CC3)c21. The number of pyridine rings is 1. The van der Waals surface area contributed by atoms with Gasteiger partial charge in [-0.3, -0.25) is 9.40 Å². The molecule has 1 fully saturated rings. The first-order valence-electron chi connectivity index (χ1n) is 13.1. The minimum Gasteiger partial charge on any atom is -0.383 e. The van der Waals surface area contributed by atoms with Crippen LogP contribution in [-0.4, -0.2) is 29.2 Å². The van der Waals surface area contributed by atoms with Crippen LogP contribution in [0.1, 0.15) is 62.6 Å². The molecule has 0 unspecified atom stereocenters. The molecule has 4 aromatic rings. The van der Waals surface area contributed by atoms with Crippen LogP contribution >= 0.6 is 0 Å². The normalized spacial score (nSPS) is 18.0. The number of rotatable bonds is 7. The molecule has 5 N–H and O–H groups in total. The summed E-state index contributed by atoms with van der Waals surface area (Å²) in [6, 6.07) is 6.99. The van der Waals surface area contributed by atoms with Gasteiger partial charge in [-0.1, -0.05) is 18.2 Å². The number of fused-ring (bicyclic) bond motifs is 1. The zero-order valence-electron chi connectivity index (χ0n) is 22.2. The van der Waals surface area contributed by atoms with Crippen molar-refractivity contribution in [1.82, 2.24) is 14.8 Å². The molecule has 1 aliphatic carbocycles. The van der Waals surface area contributed by atoms with Crippen molar-refractivity contribution in [3.05, 3.63) is 71.2 Å². The number of nitrogen functional groups attached to an aromatic ring is 1. The van der Waals surface area contributed by atoms with Crippen LogP contribution in [0, 0.1) is 17.5 Å². The molecule has 0 spiro atoms. The summed E-state index contributed by atoms with van der Waals surface area (Å²) in [5, 5.41) is 5.06. The van der Waals surface area contributed by atoms with Gasteiger partial charge in [0.2, 0.25) is 10.0 Å². The number of hydrogen-bond acceptors (Lipinski definition) is 6. The van der Waals surface area contributed by atoms with Crippen molar-refractivity contribution in [3.8, 4) is 11.3 Å². The molecule has 40 heavy (non-hydrogen) atoms. The monoisotopic (exact) mass is 572 g/mol. The van der Waals surface area contributed by atoms with E-state index in [2.05, 4.69) is 10.1 Å². The van der Waals surface area contributed by atoms with Gasteiger partial charge in [0.15, 0.2) is 0 Å². The van der Waals surface area contributed by atoms with E-state index >= 15 is 8.78 Å². The second kappa shape index (κ2) is 10.7. The van der Waals surface area contributed by atoms with E-state index in [9.17, 15) is 12.8 Å². The molecule has 5 rings (SSSR count). The lowest BCUT2D eigenvalue weighted by Crippen LogP contribution is -2.26. The van der Waals surface area contributed by atoms with Crippen molar-refractivity contribution >= 4 is 32.4 Å². The van der Waals surface area contributed by atoms with Gasteiger partial charge in [0.1, 0.15) is 29.0 Å². The highest BCUT2D eigenvalue weighted by atomic mass is 32.2. The van der Waals surface area contributed by atoms with Gasteiger partial charge in [0.05, 0.1) is 22.3 Å². The van der Waals surface area contributed by atoms with Crippen LogP contribution < -0.4 is 16.2 Å². The Morgan fingerprint density at radius 3 is 2.42 bits per heavy atom. The molecule has 1 aliphatic rings. The van der Waals surface area contributed by atoms with Crippen LogP contribution in [0.4, 0.5) is 24.7 Å². The van der Waals surface area contributed by atoms with Crippen molar-refractivity contribution in [2.24, 2.45) is 5.73 Å². The minimum absolute atomic E-state index is 0.100. The van der Waals surface area contributed by atoms with Crippen LogP contribution in [0.15, 0.2) is 42.6 Å². The molecule has 0 amide bonds. The van der Waals surface area contributed by atoms with E-state index in [0.717, 1.165) is 49.4 Å². The molecular formula is C28H31F3N6O2S. The zero-order chi connectivity index (χ0) is 28.8. The fraction of sp³-hybridized carbons (Fsp3) is 0.357. The molecule has 2 heterocycles. The summed E-state index contributed by atoms with van der Waals surface area (Å²) in [7, 11) is -4.25. The average Bonchev–Trinajstić information content (AvgIpc) is 3.30. The predicted octanol–water partition coefficient (Wildman–Crippen LogP) is 5.61. The molecule has 212 valence electrons. The average molecular weight is 573 g/mol. The van der Waals surface area contributed by atoms with Crippen molar-refractivity contribution in [2.75, 3.05) is 10.5 Å². The Labute approximate surface area is 230 Å². The van der Waals surface area contributed by atoms with Gasteiger partial charge in [-0.05, 0) is 63.1 Å². The topological polar surface area (TPSA) is 129 Å². The number of nitrogens with zero attached hydrogens (tertiary/aromatic N) is 3. The van der Waals surface area contributed by atoms with E-state index in [-0.39, 0.29) is 40.6 Å². The number of benzene rings is 2. The Morgan fingerprint density at radius 2 is 1.75 bits per heavy atom. The fourth-order valence-electron chi connectivity index (χ4n) is 5.34. The predicted molar refractivity (Wildman–Crippen MR) is 150 cm³/mol. The van der Waals surface area contributed by atoms with E-state index < -0.39 is 38.9 Å². The number of nitrogens with two attached hydrogens (primary N) is 2. The highest BCUT2D eigenvalue weighted by Gasteiger charge is 2.29. The summed E-state index contributed by atoms with van der Waals surface area (Å²) >= 11 is 0. The molecule has 8 nitrogen and oxygen atoms in total.